The van der Waals surface area contributed by atoms with E-state index < -0.39 is 0 Å². The number of anilines is 3. The first-order chi connectivity index (χ1) is 13.3. The molecule has 6 nitrogen and oxygen atoms in total. The number of nitrogens with zero attached hydrogens (tertiary/aromatic N) is 3. The molecule has 0 radical (unpaired) electrons. The van der Waals surface area contributed by atoms with E-state index in [0.717, 1.165) is 47.6 Å². The van der Waals surface area contributed by atoms with Crippen molar-refractivity contribution in [3.05, 3.63) is 66.4 Å². The van der Waals surface area contributed by atoms with Crippen LogP contribution in [0.25, 0.3) is 0 Å². The fraction of sp³-hybridized carbons (Fsp3) is 0.238. The normalized spacial score (nSPS) is 14.0. The highest BCUT2D eigenvalue weighted by Gasteiger charge is 2.15. The van der Waals surface area contributed by atoms with Crippen LogP contribution in [0, 0.1) is 6.92 Å². The van der Waals surface area contributed by atoms with Crippen LogP contribution in [-0.4, -0.2) is 36.3 Å². The SMILES string of the molecule is Cc1cnc(N2CCOCC2)nc1Nc1ccc(Oc2ccccc2)cc1. The Morgan fingerprint density at radius 3 is 2.41 bits per heavy atom. The molecule has 2 aromatic carbocycles. The van der Waals surface area contributed by atoms with Gasteiger partial charge in [-0.2, -0.15) is 4.98 Å². The first kappa shape index (κ1) is 17.3. The van der Waals surface area contributed by atoms with Crippen LogP contribution in [0.5, 0.6) is 11.5 Å². The summed E-state index contributed by atoms with van der Waals surface area (Å²) in [7, 11) is 0. The molecule has 0 spiro atoms. The largest absolute Gasteiger partial charge is 0.457 e. The maximum absolute atomic E-state index is 5.83. The Labute approximate surface area is 158 Å². The molecule has 27 heavy (non-hydrogen) atoms. The maximum Gasteiger partial charge on any atom is 0.227 e. The molecule has 0 unspecified atom stereocenters. The van der Waals surface area contributed by atoms with Gasteiger partial charge in [0, 0.05) is 30.5 Å². The van der Waals surface area contributed by atoms with E-state index in [1.165, 1.54) is 0 Å². The van der Waals surface area contributed by atoms with Crippen LogP contribution in [0.3, 0.4) is 0 Å². The predicted molar refractivity (Wildman–Crippen MR) is 106 cm³/mol. The molecule has 4 rings (SSSR count). The molecule has 1 fully saturated rings. The number of morpholine rings is 1. The second-order valence-electron chi connectivity index (χ2n) is 6.37. The van der Waals surface area contributed by atoms with Crippen molar-refractivity contribution in [3.8, 4) is 11.5 Å². The second-order valence-corrected chi connectivity index (χ2v) is 6.37. The molecule has 1 saturated heterocycles. The van der Waals surface area contributed by atoms with Crippen LogP contribution >= 0.6 is 0 Å². The summed E-state index contributed by atoms with van der Waals surface area (Å²) >= 11 is 0. The van der Waals surface area contributed by atoms with E-state index in [9.17, 15) is 0 Å². The third-order valence-electron chi connectivity index (χ3n) is 4.35. The fourth-order valence-corrected chi connectivity index (χ4v) is 2.84. The summed E-state index contributed by atoms with van der Waals surface area (Å²) in [6, 6.07) is 17.6. The summed E-state index contributed by atoms with van der Waals surface area (Å²) in [5, 5.41) is 3.38. The zero-order valence-electron chi connectivity index (χ0n) is 15.3. The Kier molecular flexibility index (Phi) is 5.16. The highest BCUT2D eigenvalue weighted by molar-refractivity contribution is 5.61. The molecule has 2 heterocycles. The minimum Gasteiger partial charge on any atom is -0.457 e. The lowest BCUT2D eigenvalue weighted by Gasteiger charge is -2.27. The minimum absolute atomic E-state index is 0.711. The molecule has 3 aromatic rings. The van der Waals surface area contributed by atoms with Crippen molar-refractivity contribution in [2.75, 3.05) is 36.5 Å². The Morgan fingerprint density at radius 1 is 0.963 bits per heavy atom. The number of aromatic nitrogens is 2. The summed E-state index contributed by atoms with van der Waals surface area (Å²) in [5.41, 5.74) is 1.95. The number of benzene rings is 2. The van der Waals surface area contributed by atoms with Gasteiger partial charge in [0.25, 0.3) is 0 Å². The van der Waals surface area contributed by atoms with Crippen LogP contribution in [0.4, 0.5) is 17.5 Å². The fourth-order valence-electron chi connectivity index (χ4n) is 2.84. The van der Waals surface area contributed by atoms with Crippen molar-refractivity contribution >= 4 is 17.5 Å². The number of ether oxygens (including phenoxy) is 2. The Hall–Kier alpha value is -3.12. The average Bonchev–Trinajstić information content (AvgIpc) is 2.72. The molecule has 0 amide bonds. The topological polar surface area (TPSA) is 59.5 Å². The summed E-state index contributed by atoms with van der Waals surface area (Å²) in [5.74, 6) is 3.15. The van der Waals surface area contributed by atoms with Gasteiger partial charge in [-0.25, -0.2) is 4.98 Å². The van der Waals surface area contributed by atoms with E-state index in [-0.39, 0.29) is 0 Å². The monoisotopic (exact) mass is 362 g/mol. The number of hydrogen-bond acceptors (Lipinski definition) is 6. The van der Waals surface area contributed by atoms with Gasteiger partial charge in [0.05, 0.1) is 13.2 Å². The molecular formula is C21H22N4O2. The van der Waals surface area contributed by atoms with Crippen LogP contribution in [0.15, 0.2) is 60.8 Å². The van der Waals surface area contributed by atoms with E-state index in [4.69, 9.17) is 14.5 Å². The maximum atomic E-state index is 5.83. The van der Waals surface area contributed by atoms with Crippen LogP contribution in [0.2, 0.25) is 0 Å². The zero-order valence-corrected chi connectivity index (χ0v) is 15.3. The number of nitrogens with one attached hydrogen (secondary N) is 1. The summed E-state index contributed by atoms with van der Waals surface area (Å²) in [6.45, 7) is 5.05. The molecule has 1 N–H and O–H groups in total. The first-order valence-electron chi connectivity index (χ1n) is 9.04. The van der Waals surface area contributed by atoms with Crippen LogP contribution < -0.4 is 15.0 Å². The van der Waals surface area contributed by atoms with Crippen molar-refractivity contribution in [2.24, 2.45) is 0 Å². The van der Waals surface area contributed by atoms with E-state index in [1.54, 1.807) is 0 Å². The average molecular weight is 362 g/mol. The van der Waals surface area contributed by atoms with E-state index in [0.29, 0.717) is 13.2 Å². The number of hydrogen-bond donors (Lipinski definition) is 1. The van der Waals surface area contributed by atoms with E-state index in [1.807, 2.05) is 67.7 Å². The van der Waals surface area contributed by atoms with Crippen LogP contribution in [-0.2, 0) is 4.74 Å². The van der Waals surface area contributed by atoms with Gasteiger partial charge in [0.15, 0.2) is 0 Å². The van der Waals surface area contributed by atoms with Gasteiger partial charge in [0.2, 0.25) is 5.95 Å². The molecular weight excluding hydrogens is 340 g/mol. The van der Waals surface area contributed by atoms with Crippen molar-refractivity contribution < 1.29 is 9.47 Å². The van der Waals surface area contributed by atoms with Crippen molar-refractivity contribution in [1.29, 1.82) is 0 Å². The molecule has 1 aromatic heterocycles. The zero-order chi connectivity index (χ0) is 18.5. The predicted octanol–water partition coefficient (Wildman–Crippen LogP) is 4.16. The van der Waals surface area contributed by atoms with Gasteiger partial charge < -0.3 is 19.7 Å². The molecule has 0 saturated carbocycles. The van der Waals surface area contributed by atoms with Gasteiger partial charge in [-0.1, -0.05) is 18.2 Å². The van der Waals surface area contributed by atoms with Gasteiger partial charge in [-0.3, -0.25) is 0 Å². The lowest BCUT2D eigenvalue weighted by molar-refractivity contribution is 0.122. The third kappa shape index (κ3) is 4.35. The van der Waals surface area contributed by atoms with Gasteiger partial charge in [-0.05, 0) is 43.3 Å². The summed E-state index contributed by atoms with van der Waals surface area (Å²) in [4.78, 5) is 11.3. The molecule has 138 valence electrons. The highest BCUT2D eigenvalue weighted by atomic mass is 16.5. The van der Waals surface area contributed by atoms with Crippen molar-refractivity contribution in [1.82, 2.24) is 9.97 Å². The molecule has 1 aliphatic rings. The quantitative estimate of drug-likeness (QED) is 0.735. The lowest BCUT2D eigenvalue weighted by Crippen LogP contribution is -2.37. The van der Waals surface area contributed by atoms with Gasteiger partial charge in [0.1, 0.15) is 17.3 Å². The lowest BCUT2D eigenvalue weighted by atomic mass is 10.2. The molecule has 1 aliphatic heterocycles. The minimum atomic E-state index is 0.711. The Bertz CT molecular complexity index is 878. The smallest absolute Gasteiger partial charge is 0.227 e. The standard InChI is InChI=1S/C21H22N4O2/c1-16-15-22-21(25-11-13-26-14-12-25)24-20(16)23-17-7-9-19(10-8-17)27-18-5-3-2-4-6-18/h2-10,15H,11-14H2,1H3,(H,22,23,24). The number of aryl methyl sites for hydroxylation is 1. The Morgan fingerprint density at radius 2 is 1.67 bits per heavy atom. The van der Waals surface area contributed by atoms with Gasteiger partial charge in [-0.15, -0.1) is 0 Å². The molecule has 0 atom stereocenters. The molecule has 0 aliphatic carbocycles. The first-order valence-corrected chi connectivity index (χ1v) is 9.04. The van der Waals surface area contributed by atoms with Gasteiger partial charge >= 0.3 is 0 Å². The van der Waals surface area contributed by atoms with Crippen LogP contribution in [0.1, 0.15) is 5.56 Å². The third-order valence-corrected chi connectivity index (χ3v) is 4.35. The van der Waals surface area contributed by atoms with Crippen molar-refractivity contribution in [3.63, 3.8) is 0 Å². The Balaban J connectivity index is 1.47. The summed E-state index contributed by atoms with van der Waals surface area (Å²) < 4.78 is 11.2. The highest BCUT2D eigenvalue weighted by Crippen LogP contribution is 2.25. The number of rotatable bonds is 5. The second kappa shape index (κ2) is 8.05. The molecule has 0 bridgehead atoms. The summed E-state index contributed by atoms with van der Waals surface area (Å²) in [6.07, 6.45) is 1.85. The van der Waals surface area contributed by atoms with Crippen molar-refractivity contribution in [2.45, 2.75) is 6.92 Å². The molecule has 6 heteroatoms. The number of para-hydroxylation sites is 1. The van der Waals surface area contributed by atoms with E-state index in [2.05, 4.69) is 15.2 Å². The van der Waals surface area contributed by atoms with E-state index >= 15 is 0 Å².